The van der Waals surface area contributed by atoms with Crippen LogP contribution in [0.4, 0.5) is 18.9 Å². The summed E-state index contributed by atoms with van der Waals surface area (Å²) in [5.74, 6) is -0.762. The van der Waals surface area contributed by atoms with Crippen molar-refractivity contribution in [3.05, 3.63) is 95.6 Å². The number of hydrazone groups is 1. The molecule has 3 aromatic carbocycles. The van der Waals surface area contributed by atoms with Gasteiger partial charge in [0, 0.05) is 0 Å². The Bertz CT molecular complexity index is 1260. The number of rotatable bonds is 8. The number of anilines is 1. The Kier molecular flexibility index (Phi) is 7.72. The Hall–Kier alpha value is -3.66. The van der Waals surface area contributed by atoms with Crippen molar-refractivity contribution in [1.29, 1.82) is 0 Å². The van der Waals surface area contributed by atoms with Crippen molar-refractivity contribution in [2.75, 3.05) is 10.8 Å². The number of benzene rings is 3. The first-order valence-electron chi connectivity index (χ1n) is 10.3. The van der Waals surface area contributed by atoms with Crippen molar-refractivity contribution in [3.8, 4) is 0 Å². The zero-order valence-corrected chi connectivity index (χ0v) is 19.0. The van der Waals surface area contributed by atoms with Gasteiger partial charge in [0.15, 0.2) is 0 Å². The number of alkyl halides is 3. The molecular formula is C24H22F3N3O3S. The molecule has 10 heteroatoms. The molecule has 0 aromatic heterocycles. The van der Waals surface area contributed by atoms with E-state index in [-0.39, 0.29) is 16.1 Å². The van der Waals surface area contributed by atoms with E-state index in [1.54, 1.807) is 42.5 Å². The van der Waals surface area contributed by atoms with Gasteiger partial charge in [0.25, 0.3) is 15.9 Å². The van der Waals surface area contributed by atoms with E-state index in [9.17, 15) is 26.4 Å². The normalized spacial score (nSPS) is 12.0. The third kappa shape index (κ3) is 6.22. The van der Waals surface area contributed by atoms with E-state index in [4.69, 9.17) is 0 Å². The predicted molar refractivity (Wildman–Crippen MR) is 124 cm³/mol. The van der Waals surface area contributed by atoms with Gasteiger partial charge < -0.3 is 0 Å². The maximum atomic E-state index is 13.3. The number of halogens is 3. The number of nitrogens with zero attached hydrogens (tertiary/aromatic N) is 2. The van der Waals surface area contributed by atoms with Gasteiger partial charge in [-0.15, -0.1) is 0 Å². The van der Waals surface area contributed by atoms with Gasteiger partial charge in [0.05, 0.1) is 22.4 Å². The number of carbonyl (C=O) groups is 1. The lowest BCUT2D eigenvalue weighted by atomic mass is 10.1. The molecule has 0 heterocycles. The van der Waals surface area contributed by atoms with Gasteiger partial charge in [-0.05, 0) is 53.9 Å². The second kappa shape index (κ2) is 10.5. The standard InChI is InChI=1S/C24H22F3N3O3S/c1-2-18-11-13-21(14-12-18)30(34(32,33)22-9-4-3-5-10-22)17-23(31)29-28-16-19-7-6-8-20(15-19)24(25,26)27/h3-16H,2,17H2,1H3,(H,29,31)/b28-16-. The molecule has 34 heavy (non-hydrogen) atoms. The molecule has 0 saturated carbocycles. The summed E-state index contributed by atoms with van der Waals surface area (Å²) in [4.78, 5) is 12.5. The van der Waals surface area contributed by atoms with Crippen LogP contribution in [0.3, 0.4) is 0 Å². The highest BCUT2D eigenvalue weighted by Gasteiger charge is 2.30. The molecule has 0 bridgehead atoms. The summed E-state index contributed by atoms with van der Waals surface area (Å²) in [6.45, 7) is 1.38. The van der Waals surface area contributed by atoms with Crippen LogP contribution in [0.1, 0.15) is 23.6 Å². The molecule has 0 fully saturated rings. The van der Waals surface area contributed by atoms with Crippen LogP contribution >= 0.6 is 0 Å². The summed E-state index contributed by atoms with van der Waals surface area (Å²) in [5, 5.41) is 3.68. The minimum Gasteiger partial charge on any atom is -0.271 e. The molecule has 0 atom stereocenters. The minimum atomic E-state index is -4.51. The lowest BCUT2D eigenvalue weighted by Gasteiger charge is -2.24. The highest BCUT2D eigenvalue weighted by molar-refractivity contribution is 7.92. The Morgan fingerprint density at radius 3 is 2.29 bits per heavy atom. The van der Waals surface area contributed by atoms with Gasteiger partial charge in [0.1, 0.15) is 6.54 Å². The van der Waals surface area contributed by atoms with Gasteiger partial charge in [-0.3, -0.25) is 9.10 Å². The summed E-state index contributed by atoms with van der Waals surface area (Å²) in [6, 6.07) is 18.9. The Balaban J connectivity index is 1.81. The molecule has 0 aliphatic rings. The number of carbonyl (C=O) groups excluding carboxylic acids is 1. The van der Waals surface area contributed by atoms with Crippen LogP contribution < -0.4 is 9.73 Å². The van der Waals surface area contributed by atoms with E-state index >= 15 is 0 Å². The fourth-order valence-corrected chi connectivity index (χ4v) is 4.51. The molecule has 3 aromatic rings. The zero-order chi connectivity index (χ0) is 24.8. The van der Waals surface area contributed by atoms with Gasteiger partial charge in [0.2, 0.25) is 0 Å². The van der Waals surface area contributed by atoms with E-state index < -0.39 is 34.2 Å². The summed E-state index contributed by atoms with van der Waals surface area (Å²) in [7, 11) is -4.07. The van der Waals surface area contributed by atoms with Gasteiger partial charge >= 0.3 is 6.18 Å². The first-order valence-corrected chi connectivity index (χ1v) is 11.7. The van der Waals surface area contributed by atoms with Crippen molar-refractivity contribution in [3.63, 3.8) is 0 Å². The molecule has 0 aliphatic heterocycles. The molecule has 0 saturated heterocycles. The second-order valence-electron chi connectivity index (χ2n) is 7.26. The van der Waals surface area contributed by atoms with Crippen molar-refractivity contribution in [2.24, 2.45) is 5.10 Å². The molecule has 6 nitrogen and oxygen atoms in total. The van der Waals surface area contributed by atoms with Crippen molar-refractivity contribution in [1.82, 2.24) is 5.43 Å². The molecule has 0 radical (unpaired) electrons. The average Bonchev–Trinajstić information content (AvgIpc) is 2.83. The van der Waals surface area contributed by atoms with Gasteiger partial charge in [-0.2, -0.15) is 18.3 Å². The third-order valence-electron chi connectivity index (χ3n) is 4.87. The summed E-state index contributed by atoms with van der Waals surface area (Å²) < 4.78 is 66.0. The maximum absolute atomic E-state index is 13.3. The number of sulfonamides is 1. The Morgan fingerprint density at radius 2 is 1.68 bits per heavy atom. The van der Waals surface area contributed by atoms with Gasteiger partial charge in [-0.25, -0.2) is 13.8 Å². The average molecular weight is 490 g/mol. The SMILES string of the molecule is CCc1ccc(N(CC(=O)N/N=C\c2cccc(C(F)(F)F)c2)S(=O)(=O)c2ccccc2)cc1. The number of hydrogen-bond donors (Lipinski definition) is 1. The Morgan fingerprint density at radius 1 is 1.00 bits per heavy atom. The maximum Gasteiger partial charge on any atom is 0.416 e. The largest absolute Gasteiger partial charge is 0.416 e. The van der Waals surface area contributed by atoms with Crippen molar-refractivity contribution < 1.29 is 26.4 Å². The zero-order valence-electron chi connectivity index (χ0n) is 18.2. The van der Waals surface area contributed by atoms with Crippen LogP contribution in [0.5, 0.6) is 0 Å². The molecule has 1 amide bonds. The fourth-order valence-electron chi connectivity index (χ4n) is 3.07. The predicted octanol–water partition coefficient (Wildman–Crippen LogP) is 4.61. The van der Waals surface area contributed by atoms with E-state index in [0.717, 1.165) is 34.6 Å². The van der Waals surface area contributed by atoms with Crippen LogP contribution in [-0.4, -0.2) is 27.1 Å². The second-order valence-corrected chi connectivity index (χ2v) is 9.12. The van der Waals surface area contributed by atoms with Crippen molar-refractivity contribution in [2.45, 2.75) is 24.4 Å². The number of nitrogens with one attached hydrogen (secondary N) is 1. The molecule has 1 N–H and O–H groups in total. The molecule has 0 aliphatic carbocycles. The first-order chi connectivity index (χ1) is 16.1. The fraction of sp³-hybridized carbons (Fsp3) is 0.167. The smallest absolute Gasteiger partial charge is 0.271 e. The minimum absolute atomic E-state index is 0.00911. The number of hydrogen-bond acceptors (Lipinski definition) is 4. The highest BCUT2D eigenvalue weighted by Crippen LogP contribution is 2.29. The number of aryl methyl sites for hydroxylation is 1. The third-order valence-corrected chi connectivity index (χ3v) is 6.66. The van der Waals surface area contributed by atoms with Crippen LogP contribution in [-0.2, 0) is 27.4 Å². The van der Waals surface area contributed by atoms with E-state index in [1.807, 2.05) is 6.92 Å². The topological polar surface area (TPSA) is 78.8 Å². The summed E-state index contributed by atoms with van der Waals surface area (Å²) >= 11 is 0. The van der Waals surface area contributed by atoms with E-state index in [0.29, 0.717) is 0 Å². The molecule has 3 rings (SSSR count). The van der Waals surface area contributed by atoms with E-state index in [1.165, 1.54) is 24.3 Å². The van der Waals surface area contributed by atoms with Crippen LogP contribution in [0.15, 0.2) is 88.9 Å². The summed E-state index contributed by atoms with van der Waals surface area (Å²) in [5.41, 5.74) is 2.74. The molecule has 0 unspecified atom stereocenters. The highest BCUT2D eigenvalue weighted by atomic mass is 32.2. The summed E-state index contributed by atoms with van der Waals surface area (Å²) in [6.07, 6.45) is -2.69. The van der Waals surface area contributed by atoms with Crippen LogP contribution in [0, 0.1) is 0 Å². The first kappa shape index (κ1) is 25.0. The lowest BCUT2D eigenvalue weighted by molar-refractivity contribution is -0.137. The number of amides is 1. The lowest BCUT2D eigenvalue weighted by Crippen LogP contribution is -2.39. The van der Waals surface area contributed by atoms with Gasteiger partial charge in [-0.1, -0.05) is 49.4 Å². The quantitative estimate of drug-likeness (QED) is 0.371. The van der Waals surface area contributed by atoms with E-state index in [2.05, 4.69) is 10.5 Å². The van der Waals surface area contributed by atoms with Crippen LogP contribution in [0.2, 0.25) is 0 Å². The van der Waals surface area contributed by atoms with Crippen molar-refractivity contribution >= 4 is 27.8 Å². The molecular weight excluding hydrogens is 467 g/mol. The molecule has 0 spiro atoms. The monoisotopic (exact) mass is 489 g/mol. The van der Waals surface area contributed by atoms with Crippen LogP contribution in [0.25, 0.3) is 0 Å². The Labute approximate surface area is 195 Å². The molecule has 178 valence electrons.